The maximum Gasteiger partial charge on any atom is 0.319 e. The zero-order valence-electron chi connectivity index (χ0n) is 14.7. The highest BCUT2D eigenvalue weighted by molar-refractivity contribution is 5.96. The molecule has 1 aliphatic carbocycles. The molecule has 0 unspecified atom stereocenters. The van der Waals surface area contributed by atoms with E-state index >= 15 is 0 Å². The van der Waals surface area contributed by atoms with Gasteiger partial charge >= 0.3 is 6.03 Å². The number of aryl methyl sites for hydroxylation is 1. The molecule has 7 nitrogen and oxygen atoms in total. The number of anilines is 1. The molecule has 2 aliphatic rings. The molecule has 0 bridgehead atoms. The molecular formula is C19H22N4O3. The van der Waals surface area contributed by atoms with E-state index in [-0.39, 0.29) is 18.0 Å². The van der Waals surface area contributed by atoms with Gasteiger partial charge < -0.3 is 20.1 Å². The van der Waals surface area contributed by atoms with Crippen LogP contribution in [0.5, 0.6) is 0 Å². The van der Waals surface area contributed by atoms with Gasteiger partial charge in [0.1, 0.15) is 11.5 Å². The lowest BCUT2D eigenvalue weighted by Gasteiger charge is -2.23. The third-order valence-electron chi connectivity index (χ3n) is 4.80. The van der Waals surface area contributed by atoms with Gasteiger partial charge in [0.25, 0.3) is 5.91 Å². The van der Waals surface area contributed by atoms with E-state index in [4.69, 9.17) is 4.52 Å². The van der Waals surface area contributed by atoms with Crippen molar-refractivity contribution in [1.29, 1.82) is 0 Å². The summed E-state index contributed by atoms with van der Waals surface area (Å²) >= 11 is 0. The second-order valence-electron chi connectivity index (χ2n) is 6.97. The Bertz CT molecular complexity index is 810. The number of carbonyl (C=O) groups is 2. The molecule has 4 rings (SSSR count). The monoisotopic (exact) mass is 354 g/mol. The number of aromatic nitrogens is 1. The summed E-state index contributed by atoms with van der Waals surface area (Å²) in [5.74, 6) is 0.723. The molecule has 0 radical (unpaired) electrons. The lowest BCUT2D eigenvalue weighted by Crippen LogP contribution is -2.31. The van der Waals surface area contributed by atoms with Gasteiger partial charge in [0.15, 0.2) is 0 Å². The minimum Gasteiger partial charge on any atom is -0.361 e. The normalized spacial score (nSPS) is 19.4. The van der Waals surface area contributed by atoms with Crippen molar-refractivity contribution >= 4 is 17.6 Å². The molecule has 7 heteroatoms. The van der Waals surface area contributed by atoms with Gasteiger partial charge in [-0.15, -0.1) is 0 Å². The van der Waals surface area contributed by atoms with Crippen molar-refractivity contribution in [3.8, 4) is 0 Å². The smallest absolute Gasteiger partial charge is 0.319 e. The molecule has 2 aromatic rings. The lowest BCUT2D eigenvalue weighted by atomic mass is 10.1. The molecule has 2 heterocycles. The number of likely N-dealkylation sites (tertiary alicyclic amines) is 1. The fourth-order valence-electron chi connectivity index (χ4n) is 3.30. The van der Waals surface area contributed by atoms with E-state index in [0.717, 1.165) is 37.1 Å². The van der Waals surface area contributed by atoms with Crippen LogP contribution < -0.4 is 10.6 Å². The van der Waals surface area contributed by atoms with Crippen molar-refractivity contribution in [2.75, 3.05) is 11.9 Å². The van der Waals surface area contributed by atoms with Gasteiger partial charge in [0, 0.05) is 29.9 Å². The van der Waals surface area contributed by atoms with E-state index in [1.54, 1.807) is 24.3 Å². The SMILES string of the molecule is Cc1cc([C@@H]2CCCN2C(=O)c2ccc(NC(=O)NC3CC3)cc2)no1. The number of hydrogen-bond donors (Lipinski definition) is 2. The first-order chi connectivity index (χ1) is 12.6. The standard InChI is InChI=1S/C19H22N4O3/c1-12-11-16(22-26-12)17-3-2-10-23(17)18(24)13-4-6-14(7-5-13)20-19(25)21-15-8-9-15/h4-7,11,15,17H,2-3,8-10H2,1H3,(H2,20,21,25)/t17-/m0/s1. The van der Waals surface area contributed by atoms with Crippen LogP contribution in [0.15, 0.2) is 34.9 Å². The van der Waals surface area contributed by atoms with E-state index < -0.39 is 0 Å². The number of nitrogens with zero attached hydrogens (tertiary/aromatic N) is 2. The number of amides is 3. The molecule has 3 amide bonds. The summed E-state index contributed by atoms with van der Waals surface area (Å²) in [5, 5.41) is 9.73. The van der Waals surface area contributed by atoms with E-state index in [2.05, 4.69) is 15.8 Å². The fraction of sp³-hybridized carbons (Fsp3) is 0.421. The van der Waals surface area contributed by atoms with E-state index in [1.165, 1.54) is 0 Å². The Kier molecular flexibility index (Phi) is 4.36. The lowest BCUT2D eigenvalue weighted by molar-refractivity contribution is 0.0731. The van der Waals surface area contributed by atoms with Crippen molar-refractivity contribution in [1.82, 2.24) is 15.4 Å². The number of urea groups is 1. The van der Waals surface area contributed by atoms with Crippen molar-refractivity contribution in [3.05, 3.63) is 47.3 Å². The third kappa shape index (κ3) is 3.56. The Morgan fingerprint density at radius 3 is 2.62 bits per heavy atom. The average Bonchev–Trinajstić information content (AvgIpc) is 3.13. The van der Waals surface area contributed by atoms with Gasteiger partial charge in [0.05, 0.1) is 6.04 Å². The highest BCUT2D eigenvalue weighted by Gasteiger charge is 2.32. The summed E-state index contributed by atoms with van der Waals surface area (Å²) in [6, 6.07) is 8.97. The number of hydrogen-bond acceptors (Lipinski definition) is 4. The molecule has 1 aliphatic heterocycles. The van der Waals surface area contributed by atoms with E-state index in [9.17, 15) is 9.59 Å². The van der Waals surface area contributed by atoms with Crippen LogP contribution in [0.25, 0.3) is 0 Å². The first kappa shape index (κ1) is 16.6. The first-order valence-electron chi connectivity index (χ1n) is 9.02. The van der Waals surface area contributed by atoms with Crippen LogP contribution in [0.2, 0.25) is 0 Å². The molecule has 0 spiro atoms. The van der Waals surface area contributed by atoms with E-state index in [1.807, 2.05) is 17.9 Å². The van der Waals surface area contributed by atoms with Crippen LogP contribution in [0.1, 0.15) is 53.5 Å². The Hall–Kier alpha value is -2.83. The van der Waals surface area contributed by atoms with Gasteiger partial charge in [-0.1, -0.05) is 5.16 Å². The third-order valence-corrected chi connectivity index (χ3v) is 4.80. The Morgan fingerprint density at radius 2 is 1.96 bits per heavy atom. The van der Waals surface area contributed by atoms with Gasteiger partial charge in [0.2, 0.25) is 0 Å². The minimum atomic E-state index is -0.201. The van der Waals surface area contributed by atoms with Crippen molar-refractivity contribution < 1.29 is 14.1 Å². The average molecular weight is 354 g/mol. The topological polar surface area (TPSA) is 87.5 Å². The van der Waals surface area contributed by atoms with Crippen LogP contribution in [-0.4, -0.2) is 34.6 Å². The van der Waals surface area contributed by atoms with Crippen molar-refractivity contribution in [2.24, 2.45) is 0 Å². The number of rotatable bonds is 4. The summed E-state index contributed by atoms with van der Waals surface area (Å²) in [7, 11) is 0. The molecule has 26 heavy (non-hydrogen) atoms. The van der Waals surface area contributed by atoms with Crippen LogP contribution in [0, 0.1) is 6.92 Å². The summed E-state index contributed by atoms with van der Waals surface area (Å²) < 4.78 is 5.16. The largest absolute Gasteiger partial charge is 0.361 e. The second-order valence-corrected chi connectivity index (χ2v) is 6.97. The molecule has 2 N–H and O–H groups in total. The van der Waals surface area contributed by atoms with Crippen LogP contribution in [0.4, 0.5) is 10.5 Å². The van der Waals surface area contributed by atoms with Crippen LogP contribution in [0.3, 0.4) is 0 Å². The second kappa shape index (κ2) is 6.82. The van der Waals surface area contributed by atoms with Gasteiger partial charge in [-0.25, -0.2) is 4.79 Å². The highest BCUT2D eigenvalue weighted by Crippen LogP contribution is 2.32. The summed E-state index contributed by atoms with van der Waals surface area (Å²) in [4.78, 5) is 26.5. The number of carbonyl (C=O) groups excluding carboxylic acids is 2. The zero-order chi connectivity index (χ0) is 18.1. The number of benzene rings is 1. The molecule has 1 saturated heterocycles. The molecule has 1 aromatic carbocycles. The number of nitrogens with one attached hydrogen (secondary N) is 2. The molecule has 2 fully saturated rings. The molecular weight excluding hydrogens is 332 g/mol. The van der Waals surface area contributed by atoms with E-state index in [0.29, 0.717) is 23.8 Å². The maximum absolute atomic E-state index is 12.9. The van der Waals surface area contributed by atoms with Gasteiger partial charge in [-0.05, 0) is 56.9 Å². The Morgan fingerprint density at radius 1 is 1.19 bits per heavy atom. The summed E-state index contributed by atoms with van der Waals surface area (Å²) in [6.07, 6.45) is 3.92. The highest BCUT2D eigenvalue weighted by atomic mass is 16.5. The zero-order valence-corrected chi connectivity index (χ0v) is 14.7. The van der Waals surface area contributed by atoms with Crippen LogP contribution in [-0.2, 0) is 0 Å². The van der Waals surface area contributed by atoms with Gasteiger partial charge in [-0.2, -0.15) is 0 Å². The minimum absolute atomic E-state index is 0.0258. The Labute approximate surface area is 151 Å². The molecule has 1 atom stereocenters. The summed E-state index contributed by atoms with van der Waals surface area (Å²) in [5.41, 5.74) is 2.08. The predicted molar refractivity (Wildman–Crippen MR) is 95.9 cm³/mol. The maximum atomic E-state index is 12.9. The van der Waals surface area contributed by atoms with Crippen LogP contribution >= 0.6 is 0 Å². The first-order valence-corrected chi connectivity index (χ1v) is 9.02. The molecule has 1 aromatic heterocycles. The summed E-state index contributed by atoms with van der Waals surface area (Å²) in [6.45, 7) is 2.56. The van der Waals surface area contributed by atoms with Crippen molar-refractivity contribution in [3.63, 3.8) is 0 Å². The fourth-order valence-corrected chi connectivity index (χ4v) is 3.30. The Balaban J connectivity index is 1.42. The van der Waals surface area contributed by atoms with Gasteiger partial charge in [-0.3, -0.25) is 4.79 Å². The molecule has 1 saturated carbocycles. The quantitative estimate of drug-likeness (QED) is 0.882. The molecule has 136 valence electrons. The van der Waals surface area contributed by atoms with Crippen molar-refractivity contribution in [2.45, 2.75) is 44.7 Å². The predicted octanol–water partition coefficient (Wildman–Crippen LogP) is 3.24.